The van der Waals surface area contributed by atoms with E-state index in [4.69, 9.17) is 4.74 Å². The Bertz CT molecular complexity index is 944. The monoisotopic (exact) mass is 443 g/mol. The van der Waals surface area contributed by atoms with Crippen molar-refractivity contribution < 1.29 is 9.53 Å². The number of hydrogen-bond acceptors (Lipinski definition) is 6. The molecule has 1 aliphatic heterocycles. The maximum atomic E-state index is 13.6. The number of tetrazole rings is 1. The largest absolute Gasteiger partial charge is 0.385 e. The number of carbonyl (C=O) groups is 1. The first kappa shape index (κ1) is 22.9. The van der Waals surface area contributed by atoms with Gasteiger partial charge in [0.2, 0.25) is 0 Å². The smallest absolute Gasteiger partial charge is 0.255 e. The molecule has 2 aliphatic rings. The second kappa shape index (κ2) is 9.31. The Morgan fingerprint density at radius 2 is 2.03 bits per heavy atom. The van der Waals surface area contributed by atoms with Crippen molar-refractivity contribution in [3.8, 4) is 0 Å². The number of methoxy groups -OCH3 is 1. The van der Waals surface area contributed by atoms with Crippen LogP contribution in [0.1, 0.15) is 72.1 Å². The van der Waals surface area contributed by atoms with Crippen molar-refractivity contribution in [2.75, 3.05) is 40.9 Å². The van der Waals surface area contributed by atoms with Gasteiger partial charge in [-0.15, -0.1) is 5.10 Å². The van der Waals surface area contributed by atoms with Gasteiger partial charge in [0.05, 0.1) is 11.6 Å². The van der Waals surface area contributed by atoms with E-state index >= 15 is 0 Å². The Hall–Kier alpha value is -2.26. The summed E-state index contributed by atoms with van der Waals surface area (Å²) in [5.41, 5.74) is 2.57. The van der Waals surface area contributed by atoms with Crippen LogP contribution >= 0.6 is 0 Å². The van der Waals surface area contributed by atoms with Crippen LogP contribution in [0, 0.1) is 13.8 Å². The molecule has 2 aromatic rings. The second-order valence-electron chi connectivity index (χ2n) is 9.57. The van der Waals surface area contributed by atoms with E-state index in [1.54, 1.807) is 7.11 Å². The number of aromatic nitrogens is 5. The predicted octanol–water partition coefficient (Wildman–Crippen LogP) is 2.55. The highest BCUT2D eigenvalue weighted by Crippen LogP contribution is 2.39. The molecule has 2 fully saturated rings. The van der Waals surface area contributed by atoms with Crippen molar-refractivity contribution in [3.63, 3.8) is 0 Å². The van der Waals surface area contributed by atoms with Gasteiger partial charge >= 0.3 is 0 Å². The van der Waals surface area contributed by atoms with Crippen LogP contribution in [0.5, 0.6) is 0 Å². The van der Waals surface area contributed by atoms with Crippen LogP contribution in [0.3, 0.4) is 0 Å². The molecule has 1 amide bonds. The molecule has 0 N–H and O–H groups in total. The number of aryl methyl sites for hydroxylation is 1. The van der Waals surface area contributed by atoms with E-state index in [1.165, 1.54) is 12.8 Å². The molecular formula is C23H37N7O2. The quantitative estimate of drug-likeness (QED) is 0.583. The molecule has 0 radical (unpaired) electrons. The Labute approximate surface area is 190 Å². The molecular weight excluding hydrogens is 406 g/mol. The summed E-state index contributed by atoms with van der Waals surface area (Å²) in [6.45, 7) is 6.98. The van der Waals surface area contributed by atoms with E-state index in [0.29, 0.717) is 25.7 Å². The third-order valence-electron chi connectivity index (χ3n) is 7.50. The summed E-state index contributed by atoms with van der Waals surface area (Å²) in [6.07, 6.45) is 6.45. The number of likely N-dealkylation sites (tertiary alicyclic amines) is 1. The van der Waals surface area contributed by atoms with E-state index in [9.17, 15) is 4.79 Å². The summed E-state index contributed by atoms with van der Waals surface area (Å²) in [7, 11) is 5.87. The van der Waals surface area contributed by atoms with E-state index in [2.05, 4.69) is 46.0 Å². The number of nitrogens with zero attached hydrogens (tertiary/aromatic N) is 7. The Kier molecular flexibility index (Phi) is 6.67. The fraction of sp³-hybridized carbons (Fsp3) is 0.739. The first-order valence-corrected chi connectivity index (χ1v) is 11.8. The minimum absolute atomic E-state index is 0.0970. The zero-order valence-corrected chi connectivity index (χ0v) is 20.2. The molecule has 1 saturated heterocycles. The number of rotatable bonds is 8. The molecule has 176 valence electrons. The average molecular weight is 444 g/mol. The Morgan fingerprint density at radius 3 is 2.72 bits per heavy atom. The number of ether oxygens (including phenoxy) is 1. The van der Waals surface area contributed by atoms with Crippen molar-refractivity contribution in [1.82, 2.24) is 34.6 Å². The molecule has 1 unspecified atom stereocenters. The third-order valence-corrected chi connectivity index (χ3v) is 7.50. The zero-order valence-electron chi connectivity index (χ0n) is 20.2. The van der Waals surface area contributed by atoms with E-state index < -0.39 is 0 Å². The van der Waals surface area contributed by atoms with Crippen molar-refractivity contribution in [1.29, 1.82) is 0 Å². The third kappa shape index (κ3) is 3.96. The number of amides is 1. The maximum absolute atomic E-state index is 13.6. The summed E-state index contributed by atoms with van der Waals surface area (Å²) >= 11 is 0. The first-order valence-electron chi connectivity index (χ1n) is 11.8. The fourth-order valence-electron chi connectivity index (χ4n) is 5.51. The van der Waals surface area contributed by atoms with E-state index in [1.807, 2.05) is 22.6 Å². The van der Waals surface area contributed by atoms with Gasteiger partial charge in [0, 0.05) is 44.7 Å². The molecule has 1 atom stereocenters. The van der Waals surface area contributed by atoms with Crippen LogP contribution in [0.2, 0.25) is 0 Å². The highest BCUT2D eigenvalue weighted by atomic mass is 16.5. The average Bonchev–Trinajstić information content (AvgIpc) is 3.55. The Morgan fingerprint density at radius 1 is 1.28 bits per heavy atom. The van der Waals surface area contributed by atoms with Gasteiger partial charge in [0.1, 0.15) is 5.54 Å². The van der Waals surface area contributed by atoms with Gasteiger partial charge < -0.3 is 14.2 Å². The molecule has 4 rings (SSSR count). The molecule has 0 spiro atoms. The van der Waals surface area contributed by atoms with Gasteiger partial charge in [-0.1, -0.05) is 12.8 Å². The topological polar surface area (TPSA) is 81.3 Å². The fourth-order valence-corrected chi connectivity index (χ4v) is 5.51. The normalized spacial score (nSPS) is 21.9. The van der Waals surface area contributed by atoms with Gasteiger partial charge in [-0.2, -0.15) is 0 Å². The summed E-state index contributed by atoms with van der Waals surface area (Å²) in [5.74, 6) is 0.995. The van der Waals surface area contributed by atoms with Gasteiger partial charge in [0.15, 0.2) is 5.82 Å². The Balaban J connectivity index is 1.57. The minimum atomic E-state index is -0.369. The number of likely N-dealkylation sites (N-methyl/N-ethyl adjacent to an activating group) is 1. The van der Waals surface area contributed by atoms with Crippen molar-refractivity contribution in [2.45, 2.75) is 70.5 Å². The lowest BCUT2D eigenvalue weighted by molar-refractivity contribution is 0.0736. The van der Waals surface area contributed by atoms with Gasteiger partial charge in [0.25, 0.3) is 5.91 Å². The molecule has 9 heteroatoms. The van der Waals surface area contributed by atoms with Crippen molar-refractivity contribution in [2.24, 2.45) is 0 Å². The predicted molar refractivity (Wildman–Crippen MR) is 122 cm³/mol. The van der Waals surface area contributed by atoms with Crippen LogP contribution < -0.4 is 0 Å². The summed E-state index contributed by atoms with van der Waals surface area (Å²) in [5, 5.41) is 12.9. The van der Waals surface area contributed by atoms with Gasteiger partial charge in [-0.25, -0.2) is 4.68 Å². The highest BCUT2D eigenvalue weighted by Gasteiger charge is 2.48. The van der Waals surface area contributed by atoms with Crippen LogP contribution in [-0.2, 0) is 16.8 Å². The molecule has 0 bridgehead atoms. The van der Waals surface area contributed by atoms with Crippen LogP contribution in [0.25, 0.3) is 0 Å². The summed E-state index contributed by atoms with van der Waals surface area (Å²) in [6, 6.07) is 2.40. The standard InChI is InChI=1S/C23H37N7O2/c1-17-15-20(18(2)29(17)12-8-14-32-5)21(31)28-13-11-23(16-28,27(3)4)22-24-25-26-30(22)19-9-6-7-10-19/h15,19H,6-14,16H2,1-5H3. The second-order valence-corrected chi connectivity index (χ2v) is 9.57. The first-order chi connectivity index (χ1) is 15.4. The number of carbonyl (C=O) groups excluding carboxylic acids is 1. The molecule has 0 aromatic carbocycles. The maximum Gasteiger partial charge on any atom is 0.255 e. The van der Waals surface area contributed by atoms with Crippen LogP contribution in [-0.4, -0.2) is 81.4 Å². The summed E-state index contributed by atoms with van der Waals surface area (Å²) < 4.78 is 9.46. The van der Waals surface area contributed by atoms with Crippen LogP contribution in [0.4, 0.5) is 0 Å². The highest BCUT2D eigenvalue weighted by molar-refractivity contribution is 5.96. The molecule has 32 heavy (non-hydrogen) atoms. The number of hydrogen-bond donors (Lipinski definition) is 0. The molecule has 1 saturated carbocycles. The van der Waals surface area contributed by atoms with E-state index in [-0.39, 0.29) is 11.4 Å². The van der Waals surface area contributed by atoms with Gasteiger partial charge in [-0.05, 0) is 70.1 Å². The molecule has 2 aromatic heterocycles. The van der Waals surface area contributed by atoms with Crippen molar-refractivity contribution in [3.05, 3.63) is 28.8 Å². The molecule has 3 heterocycles. The van der Waals surface area contributed by atoms with Crippen molar-refractivity contribution >= 4 is 5.91 Å². The summed E-state index contributed by atoms with van der Waals surface area (Å²) in [4.78, 5) is 17.8. The molecule has 1 aliphatic carbocycles. The minimum Gasteiger partial charge on any atom is -0.385 e. The lowest BCUT2D eigenvalue weighted by atomic mass is 9.95. The van der Waals surface area contributed by atoms with Crippen LogP contribution in [0.15, 0.2) is 6.07 Å². The van der Waals surface area contributed by atoms with Gasteiger partial charge in [-0.3, -0.25) is 9.69 Å². The lowest BCUT2D eigenvalue weighted by Crippen LogP contribution is -2.47. The van der Waals surface area contributed by atoms with E-state index in [0.717, 1.165) is 55.0 Å². The molecule has 9 nitrogen and oxygen atoms in total. The lowest BCUT2D eigenvalue weighted by Gasteiger charge is -2.35. The SMILES string of the molecule is COCCCn1c(C)cc(C(=O)N2CCC(c3nnnn3C3CCCC3)(N(C)C)C2)c1C. The zero-order chi connectivity index (χ0) is 22.9.